The molecule has 2 aromatic rings. The highest BCUT2D eigenvalue weighted by atomic mass is 16.7. The topological polar surface area (TPSA) is 35.5 Å². The van der Waals surface area contributed by atoms with Crippen LogP contribution in [0.3, 0.4) is 0 Å². The van der Waals surface area contributed by atoms with Gasteiger partial charge in [0.25, 0.3) is 0 Å². The smallest absolute Gasteiger partial charge is 0.340 e. The average molecular weight is 607 g/mol. The third-order valence-corrected chi connectivity index (χ3v) is 8.85. The van der Waals surface area contributed by atoms with Gasteiger partial charge in [0.15, 0.2) is 0 Å². The van der Waals surface area contributed by atoms with Crippen molar-refractivity contribution in [3.63, 3.8) is 0 Å². The molecule has 0 saturated carbocycles. The van der Waals surface area contributed by atoms with Crippen molar-refractivity contribution in [3.8, 4) is 11.1 Å². The minimum atomic E-state index is -0.479. The van der Waals surface area contributed by atoms with Gasteiger partial charge in [-0.05, 0) is 48.1 Å². The fraction of sp³-hybridized carbons (Fsp3) is 0.683. The Bertz CT molecular complexity index is 933. The fourth-order valence-corrected chi connectivity index (χ4v) is 5.88. The van der Waals surface area contributed by atoms with Crippen LogP contribution in [0.1, 0.15) is 178 Å². The number of benzene rings is 2. The van der Waals surface area contributed by atoms with E-state index in [1.165, 1.54) is 140 Å². The Labute approximate surface area is 271 Å². The van der Waals surface area contributed by atoms with Gasteiger partial charge in [-0.1, -0.05) is 179 Å². The molecule has 248 valence electrons. The number of aryl methyl sites for hydroxylation is 1. The number of hydrogen-bond donors (Lipinski definition) is 0. The predicted octanol–water partition coefficient (Wildman–Crippen LogP) is 13.0. The third-order valence-electron chi connectivity index (χ3n) is 8.85. The predicted molar refractivity (Wildman–Crippen MR) is 189 cm³/mol. The van der Waals surface area contributed by atoms with E-state index in [1.807, 2.05) is 31.2 Å². The SMILES string of the molecule is CCCCCCCCCCCCCCCCCCOC(CC)OC(=O)c1ccc(-c2ccc(CCCCCCC)cc2)cc1. The van der Waals surface area contributed by atoms with Crippen molar-refractivity contribution in [1.29, 1.82) is 0 Å². The quantitative estimate of drug-likeness (QED) is 0.0549. The van der Waals surface area contributed by atoms with Crippen LogP contribution in [0.5, 0.6) is 0 Å². The first kappa shape index (κ1) is 38.1. The first-order valence-corrected chi connectivity index (χ1v) is 18.7. The molecular weight excluding hydrogens is 540 g/mol. The second kappa shape index (κ2) is 26.1. The molecule has 1 unspecified atom stereocenters. The molecule has 0 aliphatic heterocycles. The normalized spacial score (nSPS) is 12.0. The molecule has 2 rings (SSSR count). The number of unbranched alkanes of at least 4 members (excludes halogenated alkanes) is 19. The molecule has 1 atom stereocenters. The summed E-state index contributed by atoms with van der Waals surface area (Å²) in [6, 6.07) is 16.6. The molecule has 2 aromatic carbocycles. The van der Waals surface area contributed by atoms with Crippen LogP contribution in [0, 0.1) is 0 Å². The van der Waals surface area contributed by atoms with E-state index in [0.717, 1.165) is 18.4 Å². The van der Waals surface area contributed by atoms with Crippen LogP contribution in [0.2, 0.25) is 0 Å². The van der Waals surface area contributed by atoms with E-state index in [2.05, 4.69) is 38.1 Å². The Balaban J connectivity index is 1.52. The zero-order chi connectivity index (χ0) is 31.5. The van der Waals surface area contributed by atoms with Crippen LogP contribution < -0.4 is 0 Å². The van der Waals surface area contributed by atoms with Crippen molar-refractivity contribution in [2.45, 2.75) is 175 Å². The molecule has 0 fully saturated rings. The summed E-state index contributed by atoms with van der Waals surface area (Å²) in [6.07, 6.45) is 29.6. The van der Waals surface area contributed by atoms with Gasteiger partial charge in [0, 0.05) is 6.42 Å². The number of carbonyl (C=O) groups excluding carboxylic acids is 1. The molecule has 0 radical (unpaired) electrons. The standard InChI is InChI=1S/C41H66O3/c1-4-7-9-11-12-13-14-15-16-17-18-19-20-21-23-25-35-43-40(6-3)44-41(42)39-33-31-38(32-34-39)37-29-27-36(28-30-37)26-24-22-10-8-5-2/h27-34,40H,4-26,35H2,1-3H3. The van der Waals surface area contributed by atoms with E-state index >= 15 is 0 Å². The van der Waals surface area contributed by atoms with Crippen molar-refractivity contribution in [3.05, 3.63) is 59.7 Å². The molecular formula is C41H66O3. The first-order chi connectivity index (χ1) is 21.7. The van der Waals surface area contributed by atoms with E-state index in [9.17, 15) is 4.79 Å². The summed E-state index contributed by atoms with van der Waals surface area (Å²) in [5.74, 6) is -0.311. The highest BCUT2D eigenvalue weighted by molar-refractivity contribution is 5.90. The number of carbonyl (C=O) groups is 1. The number of esters is 1. The minimum absolute atomic E-state index is 0.311. The second-order valence-electron chi connectivity index (χ2n) is 12.9. The third kappa shape index (κ3) is 18.0. The molecule has 0 aromatic heterocycles. The molecule has 0 heterocycles. The van der Waals surface area contributed by atoms with Crippen molar-refractivity contribution in [1.82, 2.24) is 0 Å². The van der Waals surface area contributed by atoms with Crippen LogP contribution in [0.15, 0.2) is 48.5 Å². The Hall–Kier alpha value is -2.13. The van der Waals surface area contributed by atoms with Gasteiger partial charge < -0.3 is 9.47 Å². The van der Waals surface area contributed by atoms with Crippen LogP contribution in [0.4, 0.5) is 0 Å². The maximum absolute atomic E-state index is 12.8. The van der Waals surface area contributed by atoms with Crippen molar-refractivity contribution in [2.75, 3.05) is 6.61 Å². The summed E-state index contributed by atoms with van der Waals surface area (Å²) < 4.78 is 11.6. The van der Waals surface area contributed by atoms with Crippen molar-refractivity contribution in [2.24, 2.45) is 0 Å². The lowest BCUT2D eigenvalue weighted by atomic mass is 10.00. The average Bonchev–Trinajstić information content (AvgIpc) is 3.05. The van der Waals surface area contributed by atoms with Crippen molar-refractivity contribution < 1.29 is 14.3 Å². The lowest BCUT2D eigenvalue weighted by Gasteiger charge is -2.17. The Morgan fingerprint density at radius 3 is 1.39 bits per heavy atom. The summed E-state index contributed by atoms with van der Waals surface area (Å²) in [7, 11) is 0. The van der Waals surface area contributed by atoms with Gasteiger partial charge in [-0.3, -0.25) is 0 Å². The summed E-state index contributed by atoms with van der Waals surface area (Å²) in [4.78, 5) is 12.8. The molecule has 0 aliphatic rings. The second-order valence-corrected chi connectivity index (χ2v) is 12.9. The van der Waals surface area contributed by atoms with Crippen LogP contribution in [-0.2, 0) is 15.9 Å². The molecule has 0 amide bonds. The van der Waals surface area contributed by atoms with Crippen LogP contribution in [-0.4, -0.2) is 18.9 Å². The molecule has 0 bridgehead atoms. The molecule has 44 heavy (non-hydrogen) atoms. The van der Waals surface area contributed by atoms with Gasteiger partial charge in [-0.2, -0.15) is 0 Å². The van der Waals surface area contributed by atoms with E-state index < -0.39 is 6.29 Å². The van der Waals surface area contributed by atoms with Crippen LogP contribution >= 0.6 is 0 Å². The van der Waals surface area contributed by atoms with Crippen LogP contribution in [0.25, 0.3) is 11.1 Å². The Morgan fingerprint density at radius 2 is 0.932 bits per heavy atom. The fourth-order valence-electron chi connectivity index (χ4n) is 5.88. The zero-order valence-electron chi connectivity index (χ0n) is 28.9. The molecule has 3 nitrogen and oxygen atoms in total. The van der Waals surface area contributed by atoms with Gasteiger partial charge in [-0.25, -0.2) is 4.79 Å². The maximum Gasteiger partial charge on any atom is 0.340 e. The van der Waals surface area contributed by atoms with Gasteiger partial charge in [0.1, 0.15) is 0 Å². The monoisotopic (exact) mass is 607 g/mol. The van der Waals surface area contributed by atoms with Gasteiger partial charge in [-0.15, -0.1) is 0 Å². The molecule has 0 saturated heterocycles. The molecule has 0 spiro atoms. The van der Waals surface area contributed by atoms with E-state index in [4.69, 9.17) is 9.47 Å². The Morgan fingerprint density at radius 1 is 0.523 bits per heavy atom. The Kier molecular flexibility index (Phi) is 22.6. The van der Waals surface area contributed by atoms with E-state index in [1.54, 1.807) is 0 Å². The summed E-state index contributed by atoms with van der Waals surface area (Å²) >= 11 is 0. The molecule has 3 heteroatoms. The number of rotatable bonds is 28. The van der Waals surface area contributed by atoms with Crippen molar-refractivity contribution >= 4 is 5.97 Å². The minimum Gasteiger partial charge on any atom is -0.432 e. The lowest BCUT2D eigenvalue weighted by molar-refractivity contribution is -0.111. The largest absolute Gasteiger partial charge is 0.432 e. The molecule has 0 aliphatic carbocycles. The summed E-state index contributed by atoms with van der Waals surface area (Å²) in [6.45, 7) is 7.20. The zero-order valence-corrected chi connectivity index (χ0v) is 28.9. The highest BCUT2D eigenvalue weighted by Crippen LogP contribution is 2.22. The molecule has 0 N–H and O–H groups in total. The summed E-state index contributed by atoms with van der Waals surface area (Å²) in [5.41, 5.74) is 4.26. The highest BCUT2D eigenvalue weighted by Gasteiger charge is 2.15. The number of hydrogen-bond acceptors (Lipinski definition) is 3. The summed E-state index contributed by atoms with van der Waals surface area (Å²) in [5, 5.41) is 0. The van der Waals surface area contributed by atoms with Gasteiger partial charge in [0.2, 0.25) is 6.29 Å². The van der Waals surface area contributed by atoms with E-state index in [-0.39, 0.29) is 5.97 Å². The number of ether oxygens (including phenoxy) is 2. The van der Waals surface area contributed by atoms with E-state index in [0.29, 0.717) is 18.6 Å². The lowest BCUT2D eigenvalue weighted by Crippen LogP contribution is -2.21. The first-order valence-electron chi connectivity index (χ1n) is 18.7. The van der Waals surface area contributed by atoms with Gasteiger partial charge >= 0.3 is 5.97 Å². The maximum atomic E-state index is 12.8. The van der Waals surface area contributed by atoms with Gasteiger partial charge in [0.05, 0.1) is 12.2 Å².